The Balaban J connectivity index is 1.75. The Morgan fingerprint density at radius 2 is 1.82 bits per heavy atom. The first-order valence-corrected chi connectivity index (χ1v) is 9.12. The van der Waals surface area contributed by atoms with Gasteiger partial charge in [-0.05, 0) is 42.5 Å². The number of anilines is 1. The summed E-state index contributed by atoms with van der Waals surface area (Å²) in [6, 6.07) is 7.59. The van der Waals surface area contributed by atoms with E-state index < -0.39 is 16.7 Å². The molecule has 2 unspecified atom stereocenters. The number of carbonyl (C=O) groups is 2. The van der Waals surface area contributed by atoms with Crippen LogP contribution in [0, 0.1) is 22.0 Å². The van der Waals surface area contributed by atoms with E-state index in [0.29, 0.717) is 17.5 Å². The number of aromatic nitrogens is 1. The van der Waals surface area contributed by atoms with E-state index in [1.807, 2.05) is 4.90 Å². The molecule has 1 aromatic heterocycles. The molecular formula is C19H23N5O4. The van der Waals surface area contributed by atoms with Crippen molar-refractivity contribution in [3.63, 3.8) is 0 Å². The molecule has 1 aliphatic rings. The molecule has 148 valence electrons. The van der Waals surface area contributed by atoms with Gasteiger partial charge < -0.3 is 9.88 Å². The van der Waals surface area contributed by atoms with E-state index >= 15 is 0 Å². The van der Waals surface area contributed by atoms with Gasteiger partial charge >= 0.3 is 0 Å². The van der Waals surface area contributed by atoms with Crippen molar-refractivity contribution in [2.24, 2.45) is 11.8 Å². The topological polar surface area (TPSA) is 120 Å². The highest BCUT2D eigenvalue weighted by Gasteiger charge is 2.28. The first kappa shape index (κ1) is 19.4. The Morgan fingerprint density at radius 1 is 1.14 bits per heavy atom. The molecule has 2 aromatic rings. The minimum atomic E-state index is -0.630. The minimum Gasteiger partial charge on any atom is -0.365 e. The van der Waals surface area contributed by atoms with E-state index in [9.17, 15) is 19.7 Å². The van der Waals surface area contributed by atoms with Crippen LogP contribution in [-0.4, -0.2) is 34.8 Å². The van der Waals surface area contributed by atoms with Gasteiger partial charge in [0.2, 0.25) is 0 Å². The Labute approximate surface area is 162 Å². The van der Waals surface area contributed by atoms with Crippen LogP contribution < -0.4 is 15.8 Å². The number of nitro benzene ring substituents is 1. The lowest BCUT2D eigenvalue weighted by atomic mass is 9.91. The van der Waals surface area contributed by atoms with Crippen LogP contribution in [-0.2, 0) is 0 Å². The number of amides is 2. The first-order chi connectivity index (χ1) is 13.3. The largest absolute Gasteiger partial charge is 0.365 e. The summed E-state index contributed by atoms with van der Waals surface area (Å²) in [6.07, 6.45) is 2.67. The second kappa shape index (κ2) is 8.12. The summed E-state index contributed by atoms with van der Waals surface area (Å²) in [4.78, 5) is 40.0. The minimum absolute atomic E-state index is 0.0975. The first-order valence-electron chi connectivity index (χ1n) is 9.12. The van der Waals surface area contributed by atoms with Gasteiger partial charge in [-0.1, -0.05) is 13.8 Å². The molecule has 0 radical (unpaired) electrons. The standard InChI is InChI=1S/C19H23N5O4/c1-12-8-13(2)11-23(10-12)16-6-5-14(9-17(16)24(27)28)18(25)21-22-19(26)15-4-3-7-20-15/h3-7,9,12-13,20H,8,10-11H2,1-2H3,(H,21,25)(H,22,26). The maximum absolute atomic E-state index is 12.3. The van der Waals surface area contributed by atoms with Crippen LogP contribution in [0.3, 0.4) is 0 Å². The lowest BCUT2D eigenvalue weighted by molar-refractivity contribution is -0.384. The third-order valence-electron chi connectivity index (χ3n) is 4.78. The number of hydrogen-bond donors (Lipinski definition) is 3. The van der Waals surface area contributed by atoms with Crippen molar-refractivity contribution in [2.45, 2.75) is 20.3 Å². The van der Waals surface area contributed by atoms with Crippen LogP contribution in [0.5, 0.6) is 0 Å². The normalized spacial score (nSPS) is 19.1. The molecule has 3 rings (SSSR count). The second-order valence-electron chi connectivity index (χ2n) is 7.30. The smallest absolute Gasteiger partial charge is 0.293 e. The van der Waals surface area contributed by atoms with E-state index in [1.54, 1.807) is 24.4 Å². The molecule has 1 saturated heterocycles. The van der Waals surface area contributed by atoms with Crippen molar-refractivity contribution < 1.29 is 14.5 Å². The molecule has 2 amide bonds. The van der Waals surface area contributed by atoms with E-state index in [-0.39, 0.29) is 16.9 Å². The maximum Gasteiger partial charge on any atom is 0.293 e. The van der Waals surface area contributed by atoms with Gasteiger partial charge in [0.15, 0.2) is 0 Å². The van der Waals surface area contributed by atoms with Crippen LogP contribution in [0.25, 0.3) is 0 Å². The van der Waals surface area contributed by atoms with Crippen molar-refractivity contribution in [2.75, 3.05) is 18.0 Å². The monoisotopic (exact) mass is 385 g/mol. The lowest BCUT2D eigenvalue weighted by Crippen LogP contribution is -2.42. The van der Waals surface area contributed by atoms with Gasteiger partial charge in [-0.25, -0.2) is 0 Å². The van der Waals surface area contributed by atoms with E-state index in [2.05, 4.69) is 29.7 Å². The van der Waals surface area contributed by atoms with Gasteiger partial charge in [-0.3, -0.25) is 30.6 Å². The lowest BCUT2D eigenvalue weighted by Gasteiger charge is -2.36. The van der Waals surface area contributed by atoms with Crippen molar-refractivity contribution in [3.05, 3.63) is 57.9 Å². The van der Waals surface area contributed by atoms with Crippen molar-refractivity contribution in [1.29, 1.82) is 0 Å². The molecule has 2 atom stereocenters. The van der Waals surface area contributed by atoms with Gasteiger partial charge in [0.05, 0.1) is 4.92 Å². The number of rotatable bonds is 4. The Bertz CT molecular complexity index is 870. The predicted octanol–water partition coefficient (Wildman–Crippen LogP) is 2.48. The molecule has 2 heterocycles. The van der Waals surface area contributed by atoms with Crippen LogP contribution >= 0.6 is 0 Å². The molecule has 1 fully saturated rings. The SMILES string of the molecule is CC1CC(C)CN(c2ccc(C(=O)NNC(=O)c3ccc[nH]3)cc2[N+](=O)[O-])C1. The molecule has 0 aliphatic carbocycles. The summed E-state index contributed by atoms with van der Waals surface area (Å²) in [7, 11) is 0. The molecule has 9 heteroatoms. The molecule has 9 nitrogen and oxygen atoms in total. The van der Waals surface area contributed by atoms with E-state index in [4.69, 9.17) is 0 Å². The highest BCUT2D eigenvalue weighted by atomic mass is 16.6. The number of nitrogens with one attached hydrogen (secondary N) is 3. The number of H-pyrrole nitrogens is 1. The van der Waals surface area contributed by atoms with Crippen molar-refractivity contribution >= 4 is 23.2 Å². The summed E-state index contributed by atoms with van der Waals surface area (Å²) >= 11 is 0. The third kappa shape index (κ3) is 4.30. The number of nitro groups is 1. The molecule has 28 heavy (non-hydrogen) atoms. The zero-order chi connectivity index (χ0) is 20.3. The highest BCUT2D eigenvalue weighted by Crippen LogP contribution is 2.33. The molecule has 1 aliphatic heterocycles. The van der Waals surface area contributed by atoms with Gasteiger partial charge in [0.25, 0.3) is 17.5 Å². The predicted molar refractivity (Wildman–Crippen MR) is 104 cm³/mol. The summed E-state index contributed by atoms with van der Waals surface area (Å²) in [5.41, 5.74) is 5.32. The Kier molecular flexibility index (Phi) is 5.62. The number of piperidine rings is 1. The average Bonchev–Trinajstić information content (AvgIpc) is 3.19. The molecule has 1 aromatic carbocycles. The summed E-state index contributed by atoms with van der Waals surface area (Å²) in [5, 5.41) is 11.6. The van der Waals surface area contributed by atoms with E-state index in [1.165, 1.54) is 12.1 Å². The van der Waals surface area contributed by atoms with Crippen molar-refractivity contribution in [3.8, 4) is 0 Å². The maximum atomic E-state index is 12.3. The number of aromatic amines is 1. The molecule has 0 spiro atoms. The fraction of sp³-hybridized carbons (Fsp3) is 0.368. The van der Waals surface area contributed by atoms with Gasteiger partial charge in [-0.15, -0.1) is 0 Å². The zero-order valence-corrected chi connectivity index (χ0v) is 15.8. The number of carbonyl (C=O) groups excluding carboxylic acids is 2. The van der Waals surface area contributed by atoms with Gasteiger partial charge in [-0.2, -0.15) is 0 Å². The second-order valence-corrected chi connectivity index (χ2v) is 7.30. The number of hydrazine groups is 1. The number of hydrogen-bond acceptors (Lipinski definition) is 5. The Hall–Kier alpha value is -3.36. The summed E-state index contributed by atoms with van der Waals surface area (Å²) in [5.74, 6) is -0.264. The fourth-order valence-corrected chi connectivity index (χ4v) is 3.66. The Morgan fingerprint density at radius 3 is 2.43 bits per heavy atom. The van der Waals surface area contributed by atoms with Crippen molar-refractivity contribution in [1.82, 2.24) is 15.8 Å². The van der Waals surface area contributed by atoms with Crippen LogP contribution in [0.4, 0.5) is 11.4 Å². The average molecular weight is 385 g/mol. The zero-order valence-electron chi connectivity index (χ0n) is 15.8. The highest BCUT2D eigenvalue weighted by molar-refractivity contribution is 5.99. The molecule has 3 N–H and O–H groups in total. The van der Waals surface area contributed by atoms with Crippen LogP contribution in [0.2, 0.25) is 0 Å². The van der Waals surface area contributed by atoms with Crippen LogP contribution in [0.1, 0.15) is 41.1 Å². The number of nitrogens with zero attached hydrogens (tertiary/aromatic N) is 2. The molecule has 0 bridgehead atoms. The number of benzene rings is 1. The van der Waals surface area contributed by atoms with E-state index in [0.717, 1.165) is 19.5 Å². The van der Waals surface area contributed by atoms with Crippen LogP contribution in [0.15, 0.2) is 36.5 Å². The third-order valence-corrected chi connectivity index (χ3v) is 4.78. The quantitative estimate of drug-likeness (QED) is 0.552. The summed E-state index contributed by atoms with van der Waals surface area (Å²) < 4.78 is 0. The molecule has 0 saturated carbocycles. The van der Waals surface area contributed by atoms with Gasteiger partial charge in [0, 0.05) is 30.9 Å². The summed E-state index contributed by atoms with van der Waals surface area (Å²) in [6.45, 7) is 5.73. The van der Waals surface area contributed by atoms with Gasteiger partial charge in [0.1, 0.15) is 11.4 Å². The molecular weight excluding hydrogens is 362 g/mol. The fourth-order valence-electron chi connectivity index (χ4n) is 3.66.